The van der Waals surface area contributed by atoms with Gasteiger partial charge in [-0.2, -0.15) is 0 Å². The second-order valence-electron chi connectivity index (χ2n) is 2.90. The number of nitrogens with zero attached hydrogens (tertiary/aromatic N) is 1. The van der Waals surface area contributed by atoms with Crippen molar-refractivity contribution in [1.29, 1.82) is 5.41 Å². The fourth-order valence-electron chi connectivity index (χ4n) is 1.28. The molecule has 4 heteroatoms. The zero-order valence-corrected chi connectivity index (χ0v) is 7.30. The molecule has 0 aromatic carbocycles. The van der Waals surface area contributed by atoms with Gasteiger partial charge in [-0.1, -0.05) is 0 Å². The smallest absolute Gasteiger partial charge is 0.325 e. The van der Waals surface area contributed by atoms with E-state index >= 15 is 0 Å². The first-order valence-electron chi connectivity index (χ1n) is 4.13. The van der Waals surface area contributed by atoms with E-state index in [9.17, 15) is 4.79 Å². The van der Waals surface area contributed by atoms with Gasteiger partial charge < -0.3 is 9.64 Å². The summed E-state index contributed by atoms with van der Waals surface area (Å²) in [5.74, 6) is 0.299. The van der Waals surface area contributed by atoms with Crippen molar-refractivity contribution in [1.82, 2.24) is 4.90 Å². The van der Waals surface area contributed by atoms with E-state index in [1.807, 2.05) is 0 Å². The molecule has 0 aromatic rings. The molecule has 4 nitrogen and oxygen atoms in total. The molecule has 1 fully saturated rings. The Morgan fingerprint density at radius 2 is 2.42 bits per heavy atom. The van der Waals surface area contributed by atoms with E-state index < -0.39 is 0 Å². The molecule has 0 radical (unpaired) electrons. The lowest BCUT2D eigenvalue weighted by Gasteiger charge is -2.27. The van der Waals surface area contributed by atoms with Crippen LogP contribution in [0.2, 0.25) is 0 Å². The van der Waals surface area contributed by atoms with Crippen molar-refractivity contribution in [2.45, 2.75) is 19.3 Å². The molecule has 0 atom stereocenters. The summed E-state index contributed by atoms with van der Waals surface area (Å²) in [5, 5.41) is 7.53. The van der Waals surface area contributed by atoms with Crippen molar-refractivity contribution in [2.75, 3.05) is 20.2 Å². The van der Waals surface area contributed by atoms with Crippen LogP contribution in [0.15, 0.2) is 0 Å². The Bertz CT molecular complexity index is 191. The molecule has 0 aromatic heterocycles. The summed E-state index contributed by atoms with van der Waals surface area (Å²) in [5.41, 5.74) is 0. The Balaban J connectivity index is 2.39. The summed E-state index contributed by atoms with van der Waals surface area (Å²) in [4.78, 5) is 12.6. The fraction of sp³-hybridized carbons (Fsp3) is 0.750. The highest BCUT2D eigenvalue weighted by molar-refractivity contribution is 5.84. The normalized spacial score (nSPS) is 17.8. The minimum atomic E-state index is -0.262. The molecular weight excluding hydrogens is 156 g/mol. The van der Waals surface area contributed by atoms with Gasteiger partial charge in [-0.05, 0) is 12.8 Å². The number of likely N-dealkylation sites (tertiary alicyclic amines) is 1. The second kappa shape index (κ2) is 4.09. The van der Waals surface area contributed by atoms with Crippen LogP contribution in [0.25, 0.3) is 0 Å². The fourth-order valence-corrected chi connectivity index (χ4v) is 1.28. The van der Waals surface area contributed by atoms with E-state index in [4.69, 9.17) is 5.41 Å². The molecule has 0 bridgehead atoms. The highest BCUT2D eigenvalue weighted by Gasteiger charge is 2.17. The molecule has 0 unspecified atom stereocenters. The van der Waals surface area contributed by atoms with E-state index in [0.717, 1.165) is 25.8 Å². The molecule has 0 amide bonds. The number of methoxy groups -OCH3 is 1. The zero-order chi connectivity index (χ0) is 8.97. The minimum absolute atomic E-state index is 0.231. The van der Waals surface area contributed by atoms with E-state index in [0.29, 0.717) is 5.84 Å². The first-order valence-corrected chi connectivity index (χ1v) is 4.13. The van der Waals surface area contributed by atoms with Crippen molar-refractivity contribution in [3.8, 4) is 0 Å². The maximum atomic E-state index is 10.9. The minimum Gasteiger partial charge on any atom is -0.468 e. The average molecular weight is 170 g/mol. The number of ether oxygens (including phenoxy) is 1. The predicted octanol–water partition coefficient (Wildman–Crippen LogP) is 0.623. The number of carbonyl (C=O) groups excluding carboxylic acids is 1. The summed E-state index contributed by atoms with van der Waals surface area (Å²) in [7, 11) is 1.37. The first-order chi connectivity index (χ1) is 5.74. The Morgan fingerprint density at radius 1 is 1.67 bits per heavy atom. The quantitative estimate of drug-likeness (QED) is 0.618. The summed E-state index contributed by atoms with van der Waals surface area (Å²) < 4.78 is 4.52. The number of amidine groups is 1. The van der Waals surface area contributed by atoms with Gasteiger partial charge in [0.1, 0.15) is 6.54 Å². The van der Waals surface area contributed by atoms with Gasteiger partial charge in [0.15, 0.2) is 0 Å². The number of carbonyl (C=O) groups is 1. The number of esters is 1. The van der Waals surface area contributed by atoms with Gasteiger partial charge in [0.2, 0.25) is 0 Å². The second-order valence-corrected chi connectivity index (χ2v) is 2.90. The van der Waals surface area contributed by atoms with Crippen molar-refractivity contribution in [3.05, 3.63) is 0 Å². The molecule has 1 aliphatic rings. The molecule has 1 heterocycles. The molecule has 0 aliphatic carbocycles. The Kier molecular flexibility index (Phi) is 3.08. The Labute approximate surface area is 72.0 Å². The highest BCUT2D eigenvalue weighted by atomic mass is 16.5. The third kappa shape index (κ3) is 2.22. The SMILES string of the molecule is COC(=O)CN1CCCCC1=N. The van der Waals surface area contributed by atoms with Crippen molar-refractivity contribution >= 4 is 11.8 Å². The molecule has 12 heavy (non-hydrogen) atoms. The molecule has 1 aliphatic heterocycles. The van der Waals surface area contributed by atoms with Gasteiger partial charge in [-0.15, -0.1) is 0 Å². The van der Waals surface area contributed by atoms with Gasteiger partial charge in [-0.3, -0.25) is 10.2 Å². The predicted molar refractivity (Wildman–Crippen MR) is 45.2 cm³/mol. The van der Waals surface area contributed by atoms with Crippen LogP contribution in [-0.2, 0) is 9.53 Å². The van der Waals surface area contributed by atoms with Gasteiger partial charge in [-0.25, -0.2) is 0 Å². The molecule has 1 saturated heterocycles. The Hall–Kier alpha value is -1.06. The average Bonchev–Trinajstić information content (AvgIpc) is 2.09. The van der Waals surface area contributed by atoms with Crippen molar-refractivity contribution < 1.29 is 9.53 Å². The van der Waals surface area contributed by atoms with Crippen LogP contribution in [0, 0.1) is 5.41 Å². The van der Waals surface area contributed by atoms with E-state index in [2.05, 4.69) is 4.74 Å². The van der Waals surface area contributed by atoms with Gasteiger partial charge in [0.05, 0.1) is 12.9 Å². The van der Waals surface area contributed by atoms with Crippen LogP contribution in [0.4, 0.5) is 0 Å². The summed E-state index contributed by atoms with van der Waals surface area (Å²) >= 11 is 0. The largest absolute Gasteiger partial charge is 0.468 e. The number of piperidine rings is 1. The maximum Gasteiger partial charge on any atom is 0.325 e. The van der Waals surface area contributed by atoms with Crippen molar-refractivity contribution in [2.24, 2.45) is 0 Å². The van der Waals surface area contributed by atoms with E-state index in [1.165, 1.54) is 7.11 Å². The number of hydrogen-bond acceptors (Lipinski definition) is 3. The lowest BCUT2D eigenvalue weighted by atomic mass is 10.1. The van der Waals surface area contributed by atoms with Gasteiger partial charge in [0, 0.05) is 13.0 Å². The molecule has 68 valence electrons. The monoisotopic (exact) mass is 170 g/mol. The maximum absolute atomic E-state index is 10.9. The van der Waals surface area contributed by atoms with Crippen molar-refractivity contribution in [3.63, 3.8) is 0 Å². The lowest BCUT2D eigenvalue weighted by molar-refractivity contribution is -0.141. The summed E-state index contributed by atoms with van der Waals surface area (Å²) in [6.07, 6.45) is 2.92. The third-order valence-electron chi connectivity index (χ3n) is 2.02. The molecule has 0 saturated carbocycles. The summed E-state index contributed by atoms with van der Waals surface area (Å²) in [6.45, 7) is 1.04. The first kappa shape index (κ1) is 9.03. The van der Waals surface area contributed by atoms with Crippen LogP contribution >= 0.6 is 0 Å². The molecule has 1 N–H and O–H groups in total. The van der Waals surface area contributed by atoms with Crippen LogP contribution in [-0.4, -0.2) is 36.9 Å². The summed E-state index contributed by atoms with van der Waals surface area (Å²) in [6, 6.07) is 0. The lowest BCUT2D eigenvalue weighted by Crippen LogP contribution is -2.38. The molecular formula is C8H14N2O2. The third-order valence-corrected chi connectivity index (χ3v) is 2.02. The van der Waals surface area contributed by atoms with E-state index in [-0.39, 0.29) is 12.5 Å². The van der Waals surface area contributed by atoms with Gasteiger partial charge >= 0.3 is 5.97 Å². The number of hydrogen-bond donors (Lipinski definition) is 1. The topological polar surface area (TPSA) is 53.4 Å². The molecule has 0 spiro atoms. The van der Waals surface area contributed by atoms with Crippen LogP contribution in [0.5, 0.6) is 0 Å². The number of nitrogens with one attached hydrogen (secondary N) is 1. The van der Waals surface area contributed by atoms with Gasteiger partial charge in [0.25, 0.3) is 0 Å². The molecule has 1 rings (SSSR count). The standard InChI is InChI=1S/C8H14N2O2/c1-12-8(11)6-10-5-3-2-4-7(10)9/h9H,2-6H2,1H3. The van der Waals surface area contributed by atoms with Crippen LogP contribution < -0.4 is 0 Å². The number of rotatable bonds is 2. The zero-order valence-electron chi connectivity index (χ0n) is 7.30. The highest BCUT2D eigenvalue weighted by Crippen LogP contribution is 2.09. The van der Waals surface area contributed by atoms with Crippen LogP contribution in [0.1, 0.15) is 19.3 Å². The van der Waals surface area contributed by atoms with Crippen LogP contribution in [0.3, 0.4) is 0 Å². The Morgan fingerprint density at radius 3 is 3.00 bits per heavy atom. The van der Waals surface area contributed by atoms with E-state index in [1.54, 1.807) is 4.90 Å².